The van der Waals surface area contributed by atoms with Gasteiger partial charge in [-0.1, -0.05) is 24.8 Å². The summed E-state index contributed by atoms with van der Waals surface area (Å²) in [6.45, 7) is 9.64. The van der Waals surface area contributed by atoms with Crippen LogP contribution in [-0.2, 0) is 4.79 Å². The van der Waals surface area contributed by atoms with Gasteiger partial charge in [0, 0.05) is 37.4 Å². The highest BCUT2D eigenvalue weighted by atomic mass is 19.1. The second-order valence-electron chi connectivity index (χ2n) is 10.5. The highest BCUT2D eigenvalue weighted by molar-refractivity contribution is 5.86. The van der Waals surface area contributed by atoms with Crippen LogP contribution in [0.1, 0.15) is 48.5 Å². The zero-order chi connectivity index (χ0) is 27.0. The minimum atomic E-state index is -0.678. The summed E-state index contributed by atoms with van der Waals surface area (Å²) in [7, 11) is 1.65. The van der Waals surface area contributed by atoms with E-state index in [9.17, 15) is 14.3 Å². The highest BCUT2D eigenvalue weighted by Gasteiger charge is 2.56. The number of aliphatic hydroxyl groups is 1. The van der Waals surface area contributed by atoms with Crippen molar-refractivity contribution in [2.24, 2.45) is 5.41 Å². The molecule has 1 spiro atoms. The molecule has 3 atom stereocenters. The largest absolute Gasteiger partial charge is 0.495 e. The Morgan fingerprint density at radius 1 is 1.29 bits per heavy atom. The van der Waals surface area contributed by atoms with Gasteiger partial charge in [-0.3, -0.25) is 4.79 Å². The fourth-order valence-electron chi connectivity index (χ4n) is 6.20. The number of methoxy groups -OCH3 is 1. The van der Waals surface area contributed by atoms with Crippen LogP contribution >= 0.6 is 0 Å². The number of hydrogen-bond acceptors (Lipinski definition) is 5. The van der Waals surface area contributed by atoms with Crippen LogP contribution in [0.3, 0.4) is 0 Å². The fourth-order valence-corrected chi connectivity index (χ4v) is 6.20. The molecule has 2 unspecified atom stereocenters. The van der Waals surface area contributed by atoms with E-state index in [1.165, 1.54) is 12.1 Å². The van der Waals surface area contributed by atoms with E-state index in [-0.39, 0.29) is 24.2 Å². The van der Waals surface area contributed by atoms with Crippen molar-refractivity contribution in [1.29, 1.82) is 0 Å². The van der Waals surface area contributed by atoms with Crippen molar-refractivity contribution in [2.45, 2.75) is 38.6 Å². The van der Waals surface area contributed by atoms with Gasteiger partial charge in [0.1, 0.15) is 11.6 Å². The molecule has 1 N–H and O–H groups in total. The Labute approximate surface area is 223 Å². The lowest BCUT2D eigenvalue weighted by molar-refractivity contribution is -0.150. The molecule has 38 heavy (non-hydrogen) atoms. The van der Waals surface area contributed by atoms with Gasteiger partial charge in [-0.05, 0) is 62.1 Å². The molecule has 0 saturated carbocycles. The maximum absolute atomic E-state index is 14.4. The third-order valence-electron chi connectivity index (χ3n) is 8.19. The molecular formula is C30H35FN4O3. The molecule has 2 aliphatic rings. The molecule has 2 saturated heterocycles. The third kappa shape index (κ3) is 4.47. The van der Waals surface area contributed by atoms with Crippen molar-refractivity contribution in [1.82, 2.24) is 19.4 Å². The number of aryl methyl sites for hydroxylation is 1. The molecule has 2 aromatic carbocycles. The van der Waals surface area contributed by atoms with Gasteiger partial charge in [-0.25, -0.2) is 9.37 Å². The Hall–Kier alpha value is -3.65. The predicted molar refractivity (Wildman–Crippen MR) is 144 cm³/mol. The Balaban J connectivity index is 1.54. The van der Waals surface area contributed by atoms with Crippen LogP contribution in [0.15, 0.2) is 67.3 Å². The second kappa shape index (κ2) is 10.3. The average molecular weight is 519 g/mol. The predicted octanol–water partition coefficient (Wildman–Crippen LogP) is 4.60. The molecule has 2 fully saturated rings. The number of ether oxygens (including phenoxy) is 1. The zero-order valence-electron chi connectivity index (χ0n) is 22.2. The molecule has 3 aromatic rings. The number of halogens is 1. The number of piperidine rings is 1. The number of allylic oxidation sites excluding steroid dienone is 1. The molecule has 2 aliphatic heterocycles. The Kier molecular flexibility index (Phi) is 7.01. The number of carbonyl (C=O) groups is 1. The molecule has 5 rings (SSSR count). The van der Waals surface area contributed by atoms with Crippen LogP contribution < -0.4 is 4.74 Å². The smallest absolute Gasteiger partial charge is 0.231 e. The number of amides is 1. The van der Waals surface area contributed by atoms with Crippen molar-refractivity contribution >= 4 is 5.91 Å². The summed E-state index contributed by atoms with van der Waals surface area (Å²) in [4.78, 5) is 22.8. The summed E-state index contributed by atoms with van der Waals surface area (Å²) in [6.07, 6.45) is 5.26. The van der Waals surface area contributed by atoms with Crippen LogP contribution in [0.2, 0.25) is 0 Å². The molecule has 0 radical (unpaired) electrons. The Bertz CT molecular complexity index is 1340. The van der Waals surface area contributed by atoms with E-state index in [1.54, 1.807) is 30.5 Å². The van der Waals surface area contributed by atoms with Gasteiger partial charge in [0.2, 0.25) is 5.91 Å². The number of likely N-dealkylation sites (tertiary alicyclic amines) is 2. The number of carbonyl (C=O) groups excluding carboxylic acids is 1. The van der Waals surface area contributed by atoms with E-state index in [4.69, 9.17) is 4.74 Å². The number of imidazole rings is 1. The summed E-state index contributed by atoms with van der Waals surface area (Å²) in [6, 6.07) is 11.7. The lowest BCUT2D eigenvalue weighted by Gasteiger charge is -2.45. The van der Waals surface area contributed by atoms with Gasteiger partial charge in [0.25, 0.3) is 0 Å². The molecule has 7 nitrogen and oxygen atoms in total. The molecule has 1 aromatic heterocycles. The number of aliphatic hydroxyl groups excluding tert-OH is 1. The maximum Gasteiger partial charge on any atom is 0.231 e. The number of benzene rings is 2. The number of rotatable bonds is 7. The monoisotopic (exact) mass is 518 g/mol. The van der Waals surface area contributed by atoms with Gasteiger partial charge in [0.05, 0.1) is 42.9 Å². The highest BCUT2D eigenvalue weighted by Crippen LogP contribution is 2.52. The van der Waals surface area contributed by atoms with E-state index in [0.29, 0.717) is 25.4 Å². The van der Waals surface area contributed by atoms with E-state index in [0.717, 1.165) is 41.0 Å². The molecule has 3 heterocycles. The molecule has 8 heteroatoms. The summed E-state index contributed by atoms with van der Waals surface area (Å²) in [5, 5.41) is 10.3. The SMILES string of the molecule is C=C(C)N1CC(c2ccc(-n3cnc(C)c3)c(OC)c2)C2(CCCN([C@@H](CO)c3ccc(F)cc3)C2=O)C1. The second-order valence-corrected chi connectivity index (χ2v) is 10.5. The Morgan fingerprint density at radius 2 is 2.05 bits per heavy atom. The van der Waals surface area contributed by atoms with Crippen LogP contribution in [0.25, 0.3) is 5.69 Å². The third-order valence-corrected chi connectivity index (χ3v) is 8.19. The topological polar surface area (TPSA) is 70.8 Å². The first-order valence-electron chi connectivity index (χ1n) is 13.0. The summed E-state index contributed by atoms with van der Waals surface area (Å²) >= 11 is 0. The van der Waals surface area contributed by atoms with Crippen molar-refractivity contribution in [3.8, 4) is 11.4 Å². The Morgan fingerprint density at radius 3 is 2.68 bits per heavy atom. The summed E-state index contributed by atoms with van der Waals surface area (Å²) in [5.41, 5.74) is 3.80. The van der Waals surface area contributed by atoms with E-state index >= 15 is 0 Å². The van der Waals surface area contributed by atoms with Crippen LogP contribution in [0, 0.1) is 18.2 Å². The van der Waals surface area contributed by atoms with E-state index in [2.05, 4.69) is 22.5 Å². The number of aromatic nitrogens is 2. The fraction of sp³-hybridized carbons (Fsp3) is 0.400. The van der Waals surface area contributed by atoms with Crippen LogP contribution in [-0.4, -0.2) is 63.7 Å². The van der Waals surface area contributed by atoms with Gasteiger partial charge >= 0.3 is 0 Å². The lowest BCUT2D eigenvalue weighted by atomic mass is 9.68. The van der Waals surface area contributed by atoms with Crippen molar-refractivity contribution in [3.05, 3.63) is 89.9 Å². The first-order chi connectivity index (χ1) is 18.3. The van der Waals surface area contributed by atoms with Gasteiger partial charge in [-0.2, -0.15) is 0 Å². The minimum absolute atomic E-state index is 0.0224. The molecule has 0 aliphatic carbocycles. The molecule has 200 valence electrons. The van der Waals surface area contributed by atoms with Crippen LogP contribution in [0.4, 0.5) is 4.39 Å². The lowest BCUT2D eigenvalue weighted by Crippen LogP contribution is -2.53. The maximum atomic E-state index is 14.4. The first-order valence-corrected chi connectivity index (χ1v) is 13.0. The van der Waals surface area contributed by atoms with Crippen molar-refractivity contribution in [2.75, 3.05) is 33.4 Å². The minimum Gasteiger partial charge on any atom is -0.495 e. The standard InChI is InChI=1S/C30H35FN4O3/c1-20(2)33-16-25(23-8-11-26(28(14-23)38-4)34-15-21(3)32-19-34)30(18-33)12-5-13-35(29(30)37)27(17-36)22-6-9-24(31)10-7-22/h6-11,14-15,19,25,27,36H,1,5,12-13,16-18H2,2-4H3/t25?,27-,30?/m0/s1. The first kappa shape index (κ1) is 26.0. The van der Waals surface area contributed by atoms with Crippen molar-refractivity contribution in [3.63, 3.8) is 0 Å². The zero-order valence-corrected chi connectivity index (χ0v) is 22.2. The molecular weight excluding hydrogens is 483 g/mol. The molecule has 1 amide bonds. The average Bonchev–Trinajstić information content (AvgIpc) is 3.52. The van der Waals surface area contributed by atoms with Crippen LogP contribution in [0.5, 0.6) is 5.75 Å². The van der Waals surface area contributed by atoms with Gasteiger partial charge in [-0.15, -0.1) is 0 Å². The van der Waals surface area contributed by atoms with Gasteiger partial charge < -0.3 is 24.2 Å². The quantitative estimate of drug-likeness (QED) is 0.495. The van der Waals surface area contributed by atoms with E-state index in [1.807, 2.05) is 36.7 Å². The normalized spacial score (nSPS) is 22.2. The molecule has 0 bridgehead atoms. The van der Waals surface area contributed by atoms with E-state index < -0.39 is 11.5 Å². The number of nitrogens with zero attached hydrogens (tertiary/aromatic N) is 4. The summed E-state index contributed by atoms with van der Waals surface area (Å²) in [5.74, 6) is 0.301. The summed E-state index contributed by atoms with van der Waals surface area (Å²) < 4.78 is 21.3. The van der Waals surface area contributed by atoms with Gasteiger partial charge in [0.15, 0.2) is 0 Å². The number of hydrogen-bond donors (Lipinski definition) is 1. The van der Waals surface area contributed by atoms with Crippen molar-refractivity contribution < 1.29 is 19.0 Å².